The molecule has 1 aliphatic rings. The Morgan fingerprint density at radius 2 is 2.35 bits per heavy atom. The van der Waals surface area contributed by atoms with Gasteiger partial charge in [-0.2, -0.15) is 4.98 Å². The highest BCUT2D eigenvalue weighted by molar-refractivity contribution is 5.41. The number of nitrogens with one attached hydrogen (secondary N) is 2. The van der Waals surface area contributed by atoms with Crippen LogP contribution in [-0.2, 0) is 4.74 Å². The molecule has 0 bridgehead atoms. The number of ether oxygens (including phenoxy) is 1. The summed E-state index contributed by atoms with van der Waals surface area (Å²) in [5.74, 6) is 4.97. The van der Waals surface area contributed by atoms with Crippen molar-refractivity contribution in [1.82, 2.24) is 9.97 Å². The summed E-state index contributed by atoms with van der Waals surface area (Å²) in [7, 11) is 1.67. The molecule has 17 heavy (non-hydrogen) atoms. The van der Waals surface area contributed by atoms with Crippen LogP contribution >= 0.6 is 0 Å². The van der Waals surface area contributed by atoms with Crippen molar-refractivity contribution < 1.29 is 9.13 Å². The summed E-state index contributed by atoms with van der Waals surface area (Å²) in [5.41, 5.74) is 2.09. The molecule has 2 rings (SSSR count). The summed E-state index contributed by atoms with van der Waals surface area (Å²) in [6, 6.07) is 0. The molecule has 1 aromatic rings. The van der Waals surface area contributed by atoms with Crippen LogP contribution in [0.15, 0.2) is 6.20 Å². The van der Waals surface area contributed by atoms with Gasteiger partial charge in [-0.25, -0.2) is 15.2 Å². The Labute approximate surface area is 98.7 Å². The Morgan fingerprint density at radius 3 is 2.88 bits per heavy atom. The van der Waals surface area contributed by atoms with Gasteiger partial charge in [0.05, 0.1) is 11.8 Å². The lowest BCUT2D eigenvalue weighted by Crippen LogP contribution is -2.45. The molecule has 0 unspecified atom stereocenters. The summed E-state index contributed by atoms with van der Waals surface area (Å²) in [6.07, 6.45) is 4.17. The first-order chi connectivity index (χ1) is 8.19. The lowest BCUT2D eigenvalue weighted by Gasteiger charge is -2.40. The average molecular weight is 241 g/mol. The maximum atomic E-state index is 13.4. The smallest absolute Gasteiger partial charge is 0.239 e. The van der Waals surface area contributed by atoms with E-state index >= 15 is 0 Å². The molecule has 0 amide bonds. The van der Waals surface area contributed by atoms with E-state index < -0.39 is 5.82 Å². The SMILES string of the molecule is COC1(CNc2nc(NN)ncc2F)CCC1. The van der Waals surface area contributed by atoms with Crippen molar-refractivity contribution >= 4 is 11.8 Å². The zero-order valence-electron chi connectivity index (χ0n) is 9.66. The summed E-state index contributed by atoms with van der Waals surface area (Å²) in [4.78, 5) is 7.56. The van der Waals surface area contributed by atoms with Gasteiger partial charge in [-0.3, -0.25) is 5.43 Å². The van der Waals surface area contributed by atoms with E-state index in [0.29, 0.717) is 6.54 Å². The third-order valence-corrected chi connectivity index (χ3v) is 3.15. The van der Waals surface area contributed by atoms with Crippen molar-refractivity contribution in [1.29, 1.82) is 0 Å². The highest BCUT2D eigenvalue weighted by Gasteiger charge is 2.36. The van der Waals surface area contributed by atoms with E-state index in [1.807, 2.05) is 0 Å². The minimum absolute atomic E-state index is 0.135. The van der Waals surface area contributed by atoms with Crippen LogP contribution in [0.2, 0.25) is 0 Å². The minimum Gasteiger partial charge on any atom is -0.376 e. The number of anilines is 2. The van der Waals surface area contributed by atoms with Crippen molar-refractivity contribution in [3.63, 3.8) is 0 Å². The van der Waals surface area contributed by atoms with Gasteiger partial charge in [0.15, 0.2) is 11.6 Å². The molecule has 0 spiro atoms. The first-order valence-electron chi connectivity index (χ1n) is 5.47. The summed E-state index contributed by atoms with van der Waals surface area (Å²) in [5, 5.41) is 2.93. The van der Waals surface area contributed by atoms with E-state index in [1.165, 1.54) is 0 Å². The van der Waals surface area contributed by atoms with Gasteiger partial charge in [0, 0.05) is 13.7 Å². The third-order valence-electron chi connectivity index (χ3n) is 3.15. The molecule has 0 saturated heterocycles. The second-order valence-corrected chi connectivity index (χ2v) is 4.13. The number of rotatable bonds is 5. The Hall–Kier alpha value is -1.47. The van der Waals surface area contributed by atoms with Crippen LogP contribution < -0.4 is 16.6 Å². The Kier molecular flexibility index (Phi) is 3.39. The number of nitrogens with two attached hydrogens (primary N) is 1. The van der Waals surface area contributed by atoms with Crippen LogP contribution in [0, 0.1) is 5.82 Å². The molecule has 0 aliphatic heterocycles. The standard InChI is InChI=1S/C10H16FN5O/c1-17-10(3-2-4-10)6-14-8-7(11)5-13-9(15-8)16-12/h5H,2-4,6,12H2,1H3,(H2,13,14,15,16). The number of nitrogens with zero attached hydrogens (tertiary/aromatic N) is 2. The molecule has 7 heteroatoms. The van der Waals surface area contributed by atoms with Crippen LogP contribution in [-0.4, -0.2) is 29.2 Å². The molecule has 1 aliphatic carbocycles. The van der Waals surface area contributed by atoms with Gasteiger partial charge in [-0.05, 0) is 19.3 Å². The molecule has 0 radical (unpaired) electrons. The highest BCUT2D eigenvalue weighted by atomic mass is 19.1. The molecule has 1 aromatic heterocycles. The van der Waals surface area contributed by atoms with Crippen LogP contribution in [0.25, 0.3) is 0 Å². The van der Waals surface area contributed by atoms with E-state index in [4.69, 9.17) is 10.6 Å². The molecule has 4 N–H and O–H groups in total. The predicted molar refractivity (Wildman–Crippen MR) is 61.9 cm³/mol. The van der Waals surface area contributed by atoms with E-state index in [0.717, 1.165) is 25.5 Å². The van der Waals surface area contributed by atoms with Crippen molar-refractivity contribution in [3.8, 4) is 0 Å². The van der Waals surface area contributed by atoms with Crippen LogP contribution in [0.5, 0.6) is 0 Å². The molecule has 6 nitrogen and oxygen atoms in total. The number of nitrogen functional groups attached to an aromatic ring is 1. The average Bonchev–Trinajstić information content (AvgIpc) is 2.30. The van der Waals surface area contributed by atoms with Crippen molar-refractivity contribution in [2.75, 3.05) is 24.4 Å². The zero-order valence-corrected chi connectivity index (χ0v) is 9.66. The third kappa shape index (κ3) is 2.45. The van der Waals surface area contributed by atoms with Gasteiger partial charge >= 0.3 is 0 Å². The van der Waals surface area contributed by atoms with Crippen molar-refractivity contribution in [2.45, 2.75) is 24.9 Å². The molecule has 0 aromatic carbocycles. The lowest BCUT2D eigenvalue weighted by atomic mass is 9.80. The monoisotopic (exact) mass is 241 g/mol. The Balaban J connectivity index is 2.02. The highest BCUT2D eigenvalue weighted by Crippen LogP contribution is 2.35. The fourth-order valence-electron chi connectivity index (χ4n) is 1.83. The molecule has 1 fully saturated rings. The number of methoxy groups -OCH3 is 1. The van der Waals surface area contributed by atoms with Crippen LogP contribution in [0.1, 0.15) is 19.3 Å². The fourth-order valence-corrected chi connectivity index (χ4v) is 1.83. The predicted octanol–water partition coefficient (Wildman–Crippen LogP) is 0.882. The van der Waals surface area contributed by atoms with E-state index in [1.54, 1.807) is 7.11 Å². The number of hydrogen-bond acceptors (Lipinski definition) is 6. The van der Waals surface area contributed by atoms with E-state index in [9.17, 15) is 4.39 Å². The first kappa shape index (κ1) is 12.0. The Morgan fingerprint density at radius 1 is 1.59 bits per heavy atom. The topological polar surface area (TPSA) is 85.1 Å². The number of aromatic nitrogens is 2. The second kappa shape index (κ2) is 4.80. The molecule has 1 saturated carbocycles. The van der Waals surface area contributed by atoms with Crippen molar-refractivity contribution in [2.24, 2.45) is 5.84 Å². The van der Waals surface area contributed by atoms with Gasteiger partial charge in [-0.15, -0.1) is 0 Å². The summed E-state index contributed by atoms with van der Waals surface area (Å²) >= 11 is 0. The molecule has 1 heterocycles. The molecular formula is C10H16FN5O. The normalized spacial score (nSPS) is 17.4. The van der Waals surface area contributed by atoms with Gasteiger partial charge in [0.1, 0.15) is 0 Å². The van der Waals surface area contributed by atoms with Crippen LogP contribution in [0.4, 0.5) is 16.2 Å². The summed E-state index contributed by atoms with van der Waals surface area (Å²) in [6.45, 7) is 0.529. The lowest BCUT2D eigenvalue weighted by molar-refractivity contribution is -0.0602. The van der Waals surface area contributed by atoms with E-state index in [2.05, 4.69) is 20.7 Å². The van der Waals surface area contributed by atoms with E-state index in [-0.39, 0.29) is 17.4 Å². The fraction of sp³-hybridized carbons (Fsp3) is 0.600. The molecular weight excluding hydrogens is 225 g/mol. The van der Waals surface area contributed by atoms with Gasteiger partial charge in [0.2, 0.25) is 5.95 Å². The summed E-state index contributed by atoms with van der Waals surface area (Å²) < 4.78 is 18.8. The quantitative estimate of drug-likeness (QED) is 0.524. The zero-order chi connectivity index (χ0) is 12.3. The molecule has 94 valence electrons. The largest absolute Gasteiger partial charge is 0.376 e. The van der Waals surface area contributed by atoms with Crippen LogP contribution in [0.3, 0.4) is 0 Å². The van der Waals surface area contributed by atoms with Gasteiger partial charge in [-0.1, -0.05) is 0 Å². The van der Waals surface area contributed by atoms with Gasteiger partial charge < -0.3 is 10.1 Å². The maximum Gasteiger partial charge on any atom is 0.239 e. The number of hydrogen-bond donors (Lipinski definition) is 3. The maximum absolute atomic E-state index is 13.4. The first-order valence-corrected chi connectivity index (χ1v) is 5.47. The minimum atomic E-state index is -0.505. The molecule has 0 atom stereocenters. The van der Waals surface area contributed by atoms with Gasteiger partial charge in [0.25, 0.3) is 0 Å². The van der Waals surface area contributed by atoms with Crippen molar-refractivity contribution in [3.05, 3.63) is 12.0 Å². The number of hydrazine groups is 1. The second-order valence-electron chi connectivity index (χ2n) is 4.13. The Bertz CT molecular complexity index is 391. The number of halogens is 1.